The SMILES string of the molecule is COC[C@@H]1[CH][C@@H]2CC[C@H]1C2.[HH].[Sn].[c]1ccccc1.[c]1ccccc1. The van der Waals surface area contributed by atoms with Gasteiger partial charge < -0.3 is 4.74 Å². The summed E-state index contributed by atoms with van der Waals surface area (Å²) in [6, 6.07) is 25.0. The molecule has 0 aromatic heterocycles. The summed E-state index contributed by atoms with van der Waals surface area (Å²) in [5.41, 5.74) is 0. The van der Waals surface area contributed by atoms with Crippen LogP contribution in [0, 0.1) is 36.3 Å². The van der Waals surface area contributed by atoms with Crippen LogP contribution in [0.25, 0.3) is 0 Å². The van der Waals surface area contributed by atoms with Gasteiger partial charge in [0.2, 0.25) is 0 Å². The third-order valence-electron chi connectivity index (χ3n) is 4.21. The number of methoxy groups -OCH3 is 1. The monoisotopic (exact) mass is 415 g/mol. The average molecular weight is 414 g/mol. The van der Waals surface area contributed by atoms with Gasteiger partial charge in [-0.2, -0.15) is 0 Å². The summed E-state index contributed by atoms with van der Waals surface area (Å²) in [6.07, 6.45) is 6.87. The van der Waals surface area contributed by atoms with Crippen molar-refractivity contribution in [2.75, 3.05) is 13.7 Å². The summed E-state index contributed by atoms with van der Waals surface area (Å²) in [6.45, 7) is 0.959. The van der Waals surface area contributed by atoms with Gasteiger partial charge in [0.25, 0.3) is 0 Å². The second-order valence-electron chi connectivity index (χ2n) is 5.80. The van der Waals surface area contributed by atoms with Crippen molar-refractivity contribution in [3.8, 4) is 0 Å². The fraction of sp³-hybridized carbons (Fsp3) is 0.381. The standard InChI is InChI=1S/C9H15O.2C6H5.Sn.H2/c1-10-6-9-5-7-2-3-8(9)4-7;2*1-2-4-6-5-3-1;;/h5,7-9H,2-4,6H2,1H3;2*1-5H;;1H/t7-,8+,9+;;;;/m1..../s1. The Balaban J connectivity index is 0.000000334. The fourth-order valence-corrected chi connectivity index (χ4v) is 3.19. The Kier molecular flexibility index (Phi) is 11.1. The summed E-state index contributed by atoms with van der Waals surface area (Å²) in [7, 11) is 1.81. The third kappa shape index (κ3) is 8.03. The maximum atomic E-state index is 5.15. The molecule has 2 saturated carbocycles. The summed E-state index contributed by atoms with van der Waals surface area (Å²) in [4.78, 5) is 0. The van der Waals surface area contributed by atoms with E-state index >= 15 is 0 Å². The quantitative estimate of drug-likeness (QED) is 0.647. The summed E-state index contributed by atoms with van der Waals surface area (Å²) < 4.78 is 5.15. The Hall–Kier alpha value is -0.801. The van der Waals surface area contributed by atoms with Crippen LogP contribution >= 0.6 is 0 Å². The van der Waals surface area contributed by atoms with E-state index in [0.717, 1.165) is 24.4 Å². The summed E-state index contributed by atoms with van der Waals surface area (Å²) in [5, 5.41) is 0. The Morgan fingerprint density at radius 1 is 0.913 bits per heavy atom. The van der Waals surface area contributed by atoms with E-state index in [4.69, 9.17) is 4.74 Å². The molecule has 2 fully saturated rings. The van der Waals surface area contributed by atoms with Gasteiger partial charge in [0, 0.05) is 39.1 Å². The fourth-order valence-electron chi connectivity index (χ4n) is 3.19. The molecule has 23 heavy (non-hydrogen) atoms. The van der Waals surface area contributed by atoms with E-state index < -0.39 is 0 Å². The Bertz CT molecular complexity index is 395. The van der Waals surface area contributed by atoms with Crippen LogP contribution in [-0.2, 0) is 4.74 Å². The first kappa shape index (κ1) is 20.2. The van der Waals surface area contributed by atoms with Crippen LogP contribution < -0.4 is 0 Å². The maximum absolute atomic E-state index is 5.15. The smallest absolute Gasteiger partial charge is 0.0496 e. The van der Waals surface area contributed by atoms with E-state index in [1.165, 1.54) is 19.3 Å². The van der Waals surface area contributed by atoms with Crippen molar-refractivity contribution in [2.45, 2.75) is 19.3 Å². The van der Waals surface area contributed by atoms with Gasteiger partial charge in [0.15, 0.2) is 0 Å². The van der Waals surface area contributed by atoms with Crippen LogP contribution in [0.15, 0.2) is 60.7 Å². The van der Waals surface area contributed by atoms with Gasteiger partial charge in [0.1, 0.15) is 0 Å². The predicted octanol–water partition coefficient (Wildman–Crippen LogP) is 4.72. The molecule has 0 saturated heterocycles. The molecule has 0 unspecified atom stereocenters. The van der Waals surface area contributed by atoms with Crippen molar-refractivity contribution in [1.29, 1.82) is 0 Å². The first-order valence-electron chi connectivity index (χ1n) is 8.06. The van der Waals surface area contributed by atoms with E-state index in [2.05, 4.69) is 18.6 Å². The molecule has 0 aliphatic heterocycles. The molecule has 121 valence electrons. The molecule has 2 bridgehead atoms. The zero-order valence-corrected chi connectivity index (χ0v) is 16.7. The van der Waals surface area contributed by atoms with Crippen LogP contribution in [0.5, 0.6) is 0 Å². The molecule has 2 heteroatoms. The molecule has 0 amide bonds. The maximum Gasteiger partial charge on any atom is 0.0496 e. The van der Waals surface area contributed by atoms with E-state index in [9.17, 15) is 0 Å². The largest absolute Gasteiger partial charge is 0.384 e. The Morgan fingerprint density at radius 3 is 1.74 bits per heavy atom. The molecule has 3 atom stereocenters. The number of ether oxygens (including phenoxy) is 1. The predicted molar refractivity (Wildman–Crippen MR) is 98.9 cm³/mol. The average Bonchev–Trinajstić information content (AvgIpc) is 3.23. The van der Waals surface area contributed by atoms with Crippen LogP contribution in [0.3, 0.4) is 0 Å². The minimum Gasteiger partial charge on any atom is -0.384 e. The van der Waals surface area contributed by atoms with Crippen LogP contribution in [0.4, 0.5) is 0 Å². The molecule has 0 N–H and O–H groups in total. The molecule has 0 heterocycles. The van der Waals surface area contributed by atoms with Gasteiger partial charge in [-0.15, -0.1) is 0 Å². The van der Waals surface area contributed by atoms with Gasteiger partial charge in [-0.1, -0.05) is 60.7 Å². The van der Waals surface area contributed by atoms with Gasteiger partial charge >= 0.3 is 0 Å². The van der Waals surface area contributed by atoms with Crippen molar-refractivity contribution in [3.63, 3.8) is 0 Å². The molecular weight excluding hydrogens is 387 g/mol. The second-order valence-corrected chi connectivity index (χ2v) is 5.80. The zero-order valence-electron chi connectivity index (χ0n) is 13.8. The molecule has 2 aliphatic carbocycles. The van der Waals surface area contributed by atoms with Crippen molar-refractivity contribution < 1.29 is 6.16 Å². The van der Waals surface area contributed by atoms with Gasteiger partial charge in [-0.3, -0.25) is 0 Å². The Labute approximate surface area is 159 Å². The van der Waals surface area contributed by atoms with Crippen LogP contribution in [0.2, 0.25) is 0 Å². The molecule has 7 radical (unpaired) electrons. The molecular formula is C21H27OSn. The zero-order chi connectivity index (χ0) is 15.5. The van der Waals surface area contributed by atoms with Crippen molar-refractivity contribution >= 4 is 23.9 Å². The van der Waals surface area contributed by atoms with Crippen molar-refractivity contribution in [3.05, 3.63) is 79.2 Å². The van der Waals surface area contributed by atoms with Crippen LogP contribution in [0.1, 0.15) is 20.7 Å². The third-order valence-corrected chi connectivity index (χ3v) is 4.21. The minimum atomic E-state index is 0. The van der Waals surface area contributed by atoms with Crippen molar-refractivity contribution in [2.24, 2.45) is 17.8 Å². The van der Waals surface area contributed by atoms with Gasteiger partial charge in [-0.05, 0) is 55.6 Å². The molecule has 2 aromatic carbocycles. The van der Waals surface area contributed by atoms with E-state index in [1.807, 2.05) is 60.7 Å². The van der Waals surface area contributed by atoms with Gasteiger partial charge in [-0.25, -0.2) is 0 Å². The number of hydrogen-bond acceptors (Lipinski definition) is 1. The molecule has 4 rings (SSSR count). The number of hydrogen-bond donors (Lipinski definition) is 0. The first-order valence-corrected chi connectivity index (χ1v) is 8.06. The first-order chi connectivity index (χ1) is 10.9. The normalized spacial score (nSPS) is 23.6. The van der Waals surface area contributed by atoms with E-state index in [-0.39, 0.29) is 25.3 Å². The molecule has 2 aliphatic rings. The number of fused-ring (bicyclic) bond motifs is 2. The molecule has 0 spiro atoms. The topological polar surface area (TPSA) is 9.23 Å². The summed E-state index contributed by atoms with van der Waals surface area (Å²) in [5.74, 6) is 2.72. The summed E-state index contributed by atoms with van der Waals surface area (Å²) >= 11 is 0. The Morgan fingerprint density at radius 2 is 1.48 bits per heavy atom. The van der Waals surface area contributed by atoms with Crippen LogP contribution in [-0.4, -0.2) is 37.6 Å². The van der Waals surface area contributed by atoms with Crippen molar-refractivity contribution in [1.82, 2.24) is 0 Å². The molecule has 2 aromatic rings. The van der Waals surface area contributed by atoms with Gasteiger partial charge in [0.05, 0.1) is 0 Å². The van der Waals surface area contributed by atoms with E-state index in [0.29, 0.717) is 0 Å². The van der Waals surface area contributed by atoms with E-state index in [1.54, 1.807) is 7.11 Å². The number of rotatable bonds is 2. The minimum absolute atomic E-state index is 0. The second kappa shape index (κ2) is 12.6. The number of benzene rings is 2. The molecule has 1 nitrogen and oxygen atoms in total.